The fourth-order valence-electron chi connectivity index (χ4n) is 2.40. The molecule has 5 heteroatoms. The minimum atomic E-state index is 0.0938. The molecule has 1 fully saturated rings. The number of Topliss-reactive ketones (excluding diaryl/α,β-unsaturated/α-hetero) is 1. The van der Waals surface area contributed by atoms with Crippen molar-refractivity contribution in [1.82, 2.24) is 14.8 Å². The Hall–Kier alpha value is -1.30. The van der Waals surface area contributed by atoms with Gasteiger partial charge in [0.25, 0.3) is 0 Å². The van der Waals surface area contributed by atoms with Crippen LogP contribution in [0.1, 0.15) is 17.7 Å². The lowest BCUT2D eigenvalue weighted by Gasteiger charge is -2.32. The molecule has 0 unspecified atom stereocenters. The van der Waals surface area contributed by atoms with Crippen molar-refractivity contribution in [1.29, 1.82) is 0 Å². The zero-order valence-corrected chi connectivity index (χ0v) is 12.2. The molecule has 2 rings (SSSR count). The molecule has 0 saturated carbocycles. The Bertz CT molecular complexity index is 441. The van der Waals surface area contributed by atoms with Crippen LogP contribution in [0.3, 0.4) is 0 Å². The lowest BCUT2D eigenvalue weighted by Crippen LogP contribution is -2.43. The third-order valence-corrected chi connectivity index (χ3v) is 3.77. The van der Waals surface area contributed by atoms with E-state index in [0.717, 1.165) is 38.4 Å². The molecule has 110 valence electrons. The molecule has 0 spiro atoms. The predicted molar refractivity (Wildman–Crippen MR) is 79.4 cm³/mol. The fourth-order valence-corrected chi connectivity index (χ4v) is 2.40. The second-order valence-corrected chi connectivity index (χ2v) is 5.48. The van der Waals surface area contributed by atoms with Crippen molar-refractivity contribution >= 4 is 5.78 Å². The first-order chi connectivity index (χ1) is 9.67. The maximum absolute atomic E-state index is 11.3. The number of aromatic nitrogens is 1. The maximum atomic E-state index is 11.3. The average molecular weight is 276 g/mol. The van der Waals surface area contributed by atoms with E-state index in [1.165, 1.54) is 5.56 Å². The van der Waals surface area contributed by atoms with Crippen LogP contribution in [0.25, 0.3) is 0 Å². The number of rotatable bonds is 6. The number of carbonyl (C=O) groups excluding carboxylic acids is 1. The molecule has 0 atom stereocenters. The Morgan fingerprint density at radius 3 is 2.80 bits per heavy atom. The maximum Gasteiger partial charge on any atom is 0.146 e. The van der Waals surface area contributed by atoms with Gasteiger partial charge in [0, 0.05) is 51.0 Å². The van der Waals surface area contributed by atoms with Crippen LogP contribution in [0.4, 0.5) is 0 Å². The molecule has 0 aliphatic carbocycles. The summed E-state index contributed by atoms with van der Waals surface area (Å²) in [6.45, 7) is 5.57. The van der Waals surface area contributed by atoms with Gasteiger partial charge in [-0.25, -0.2) is 0 Å². The van der Waals surface area contributed by atoms with E-state index < -0.39 is 0 Å². The second kappa shape index (κ2) is 7.47. The van der Waals surface area contributed by atoms with E-state index >= 15 is 0 Å². The van der Waals surface area contributed by atoms with Crippen molar-refractivity contribution in [2.45, 2.75) is 19.4 Å². The number of ketones is 1. The fraction of sp³-hybridized carbons (Fsp3) is 0.600. The number of piperazine rings is 1. The van der Waals surface area contributed by atoms with E-state index in [1.807, 2.05) is 6.20 Å². The third-order valence-electron chi connectivity index (χ3n) is 3.77. The Labute approximate surface area is 120 Å². The van der Waals surface area contributed by atoms with E-state index in [2.05, 4.69) is 34.0 Å². The molecule has 20 heavy (non-hydrogen) atoms. The van der Waals surface area contributed by atoms with E-state index in [1.54, 1.807) is 0 Å². The number of carbonyl (C=O) groups is 1. The highest BCUT2D eigenvalue weighted by Gasteiger charge is 2.14. The van der Waals surface area contributed by atoms with Gasteiger partial charge < -0.3 is 10.6 Å². The number of hydrogen-bond donors (Lipinski definition) is 1. The number of nitrogens with zero attached hydrogens (tertiary/aromatic N) is 3. The van der Waals surface area contributed by atoms with Crippen molar-refractivity contribution in [2.75, 3.05) is 39.8 Å². The standard InChI is InChI=1S/C15H24N4O/c1-18-6-8-19(9-7-18)12-13-4-5-17-14(10-13)2-3-15(20)11-16/h4-5,10H,2-3,6-9,11-12,16H2,1H3. The van der Waals surface area contributed by atoms with Crippen LogP contribution >= 0.6 is 0 Å². The zero-order chi connectivity index (χ0) is 14.4. The van der Waals surface area contributed by atoms with Gasteiger partial charge in [0.05, 0.1) is 6.54 Å². The highest BCUT2D eigenvalue weighted by Crippen LogP contribution is 2.10. The summed E-state index contributed by atoms with van der Waals surface area (Å²) >= 11 is 0. The largest absolute Gasteiger partial charge is 0.324 e. The van der Waals surface area contributed by atoms with Gasteiger partial charge in [-0.3, -0.25) is 14.7 Å². The van der Waals surface area contributed by atoms with E-state index in [0.29, 0.717) is 12.8 Å². The monoisotopic (exact) mass is 276 g/mol. The minimum Gasteiger partial charge on any atom is -0.324 e. The summed E-state index contributed by atoms with van der Waals surface area (Å²) in [6, 6.07) is 4.18. The summed E-state index contributed by atoms with van der Waals surface area (Å²) in [5.74, 6) is 0.0938. The number of hydrogen-bond acceptors (Lipinski definition) is 5. The van der Waals surface area contributed by atoms with Crippen molar-refractivity contribution in [3.8, 4) is 0 Å². The third kappa shape index (κ3) is 4.67. The predicted octanol–water partition coefficient (Wildman–Crippen LogP) is 0.289. The smallest absolute Gasteiger partial charge is 0.146 e. The summed E-state index contributed by atoms with van der Waals surface area (Å²) in [5, 5.41) is 0. The molecule has 5 nitrogen and oxygen atoms in total. The van der Waals surface area contributed by atoms with Crippen molar-refractivity contribution in [3.63, 3.8) is 0 Å². The summed E-state index contributed by atoms with van der Waals surface area (Å²) in [7, 11) is 2.16. The number of nitrogens with two attached hydrogens (primary N) is 1. The molecule has 1 aromatic heterocycles. The van der Waals surface area contributed by atoms with Crippen molar-refractivity contribution < 1.29 is 4.79 Å². The van der Waals surface area contributed by atoms with E-state index in [9.17, 15) is 4.79 Å². The van der Waals surface area contributed by atoms with Crippen LogP contribution in [0.2, 0.25) is 0 Å². The van der Waals surface area contributed by atoms with Gasteiger partial charge in [-0.05, 0) is 31.2 Å². The molecule has 1 saturated heterocycles. The van der Waals surface area contributed by atoms with E-state index in [4.69, 9.17) is 5.73 Å². The van der Waals surface area contributed by atoms with Crippen LogP contribution < -0.4 is 5.73 Å². The Balaban J connectivity index is 1.87. The molecule has 1 aliphatic rings. The van der Waals surface area contributed by atoms with Crippen molar-refractivity contribution in [2.24, 2.45) is 5.73 Å². The summed E-state index contributed by atoms with van der Waals surface area (Å²) in [4.78, 5) is 20.4. The molecule has 0 radical (unpaired) electrons. The lowest BCUT2D eigenvalue weighted by atomic mass is 10.1. The van der Waals surface area contributed by atoms with Crippen LogP contribution in [-0.4, -0.2) is 60.3 Å². The highest BCUT2D eigenvalue weighted by atomic mass is 16.1. The van der Waals surface area contributed by atoms with Crippen LogP contribution in [0.5, 0.6) is 0 Å². The number of pyridine rings is 1. The first-order valence-electron chi connectivity index (χ1n) is 7.24. The van der Waals surface area contributed by atoms with Crippen molar-refractivity contribution in [3.05, 3.63) is 29.6 Å². The van der Waals surface area contributed by atoms with Crippen LogP contribution in [0.15, 0.2) is 18.3 Å². The lowest BCUT2D eigenvalue weighted by molar-refractivity contribution is -0.117. The van der Waals surface area contributed by atoms with Gasteiger partial charge in [0.1, 0.15) is 5.78 Å². The molecule has 0 aromatic carbocycles. The summed E-state index contributed by atoms with van der Waals surface area (Å²) in [5.41, 5.74) is 7.58. The number of likely N-dealkylation sites (N-methyl/N-ethyl adjacent to an activating group) is 1. The minimum absolute atomic E-state index is 0.0938. The van der Waals surface area contributed by atoms with Gasteiger partial charge in [0.15, 0.2) is 0 Å². The normalized spacial score (nSPS) is 17.3. The molecule has 0 bridgehead atoms. The Morgan fingerprint density at radius 1 is 1.35 bits per heavy atom. The highest BCUT2D eigenvalue weighted by molar-refractivity contribution is 5.80. The average Bonchev–Trinajstić information content (AvgIpc) is 2.47. The Kier molecular flexibility index (Phi) is 5.64. The molecule has 2 heterocycles. The first-order valence-corrected chi connectivity index (χ1v) is 7.24. The zero-order valence-electron chi connectivity index (χ0n) is 12.2. The van der Waals surface area contributed by atoms with Gasteiger partial charge >= 0.3 is 0 Å². The quantitative estimate of drug-likeness (QED) is 0.809. The molecule has 0 amide bonds. The summed E-state index contributed by atoms with van der Waals surface area (Å²) < 4.78 is 0. The second-order valence-electron chi connectivity index (χ2n) is 5.48. The SMILES string of the molecule is CN1CCN(Cc2ccnc(CCC(=O)CN)c2)CC1. The first kappa shape index (κ1) is 15.1. The molecule has 1 aliphatic heterocycles. The van der Waals surface area contributed by atoms with E-state index in [-0.39, 0.29) is 12.3 Å². The molecular formula is C15H24N4O. The van der Waals surface area contributed by atoms with Gasteiger partial charge in [-0.15, -0.1) is 0 Å². The molecule has 2 N–H and O–H groups in total. The topological polar surface area (TPSA) is 62.5 Å². The summed E-state index contributed by atoms with van der Waals surface area (Å²) in [6.07, 6.45) is 3.02. The van der Waals surface area contributed by atoms with Gasteiger partial charge in [0.2, 0.25) is 0 Å². The molecule has 1 aromatic rings. The molecular weight excluding hydrogens is 252 g/mol. The van der Waals surface area contributed by atoms with Crippen LogP contribution in [0, 0.1) is 0 Å². The van der Waals surface area contributed by atoms with Gasteiger partial charge in [-0.1, -0.05) is 0 Å². The Morgan fingerprint density at radius 2 is 2.10 bits per heavy atom. The van der Waals surface area contributed by atoms with Crippen LogP contribution in [-0.2, 0) is 17.8 Å². The van der Waals surface area contributed by atoms with Gasteiger partial charge in [-0.2, -0.15) is 0 Å². The number of aryl methyl sites for hydroxylation is 1.